The van der Waals surface area contributed by atoms with Gasteiger partial charge in [0, 0.05) is 12.2 Å². The molecule has 1 aromatic rings. The van der Waals surface area contributed by atoms with Crippen molar-refractivity contribution in [1.82, 2.24) is 5.48 Å². The van der Waals surface area contributed by atoms with Gasteiger partial charge < -0.3 is 0 Å². The molecule has 0 fully saturated rings. The number of benzene rings is 1. The first-order chi connectivity index (χ1) is 7.79. The summed E-state index contributed by atoms with van der Waals surface area (Å²) in [5, 5.41) is 0. The van der Waals surface area contributed by atoms with Crippen LogP contribution in [0.1, 0.15) is 19.8 Å². The fourth-order valence-electron chi connectivity index (χ4n) is 1.41. The number of amides is 2. The van der Waals surface area contributed by atoms with E-state index in [2.05, 4.69) is 17.2 Å². The van der Waals surface area contributed by atoms with Gasteiger partial charge in [0.2, 0.25) is 0 Å². The van der Waals surface area contributed by atoms with Crippen LogP contribution in [0.3, 0.4) is 0 Å². The first-order valence-electron chi connectivity index (χ1n) is 5.45. The van der Waals surface area contributed by atoms with Crippen molar-refractivity contribution in [3.63, 3.8) is 0 Å². The monoisotopic (exact) mass is 222 g/mol. The van der Waals surface area contributed by atoms with Gasteiger partial charge in [-0.2, -0.15) is 0 Å². The van der Waals surface area contributed by atoms with Gasteiger partial charge in [0.25, 0.3) is 0 Å². The average Bonchev–Trinajstić information content (AvgIpc) is 2.31. The Morgan fingerprint density at radius 3 is 2.62 bits per heavy atom. The molecule has 0 saturated carbocycles. The van der Waals surface area contributed by atoms with E-state index < -0.39 is 0 Å². The predicted octanol–water partition coefficient (Wildman–Crippen LogP) is 2.56. The summed E-state index contributed by atoms with van der Waals surface area (Å²) in [6, 6.07) is 9.33. The van der Waals surface area contributed by atoms with E-state index in [1.165, 1.54) is 7.11 Å². The van der Waals surface area contributed by atoms with Crippen molar-refractivity contribution in [2.75, 3.05) is 18.6 Å². The number of unbranched alkanes of at least 4 members (excludes halogenated alkanes) is 1. The van der Waals surface area contributed by atoms with Crippen molar-refractivity contribution in [3.05, 3.63) is 30.3 Å². The lowest BCUT2D eigenvalue weighted by Gasteiger charge is -2.22. The van der Waals surface area contributed by atoms with E-state index >= 15 is 0 Å². The SMILES string of the molecule is CCCCN(C(=O)NOC)c1ccccc1. The number of carbonyl (C=O) groups excluding carboxylic acids is 1. The fraction of sp³-hybridized carbons (Fsp3) is 0.417. The number of hydroxylamine groups is 1. The third-order valence-electron chi connectivity index (χ3n) is 2.24. The maximum Gasteiger partial charge on any atom is 0.345 e. The predicted molar refractivity (Wildman–Crippen MR) is 64.2 cm³/mol. The van der Waals surface area contributed by atoms with Crippen LogP contribution < -0.4 is 10.4 Å². The molecule has 1 N–H and O–H groups in total. The highest BCUT2D eigenvalue weighted by Gasteiger charge is 2.13. The van der Waals surface area contributed by atoms with E-state index in [4.69, 9.17) is 0 Å². The van der Waals surface area contributed by atoms with E-state index in [0.717, 1.165) is 18.5 Å². The smallest absolute Gasteiger partial charge is 0.293 e. The summed E-state index contributed by atoms with van der Waals surface area (Å²) in [5.74, 6) is 0. The summed E-state index contributed by atoms with van der Waals surface area (Å²) >= 11 is 0. The highest BCUT2D eigenvalue weighted by Crippen LogP contribution is 2.14. The fourth-order valence-corrected chi connectivity index (χ4v) is 1.41. The van der Waals surface area contributed by atoms with E-state index in [-0.39, 0.29) is 6.03 Å². The summed E-state index contributed by atoms with van der Waals surface area (Å²) < 4.78 is 0. The molecule has 1 aromatic carbocycles. The molecule has 16 heavy (non-hydrogen) atoms. The molecule has 0 heterocycles. The zero-order valence-electron chi connectivity index (χ0n) is 9.77. The zero-order chi connectivity index (χ0) is 11.8. The molecule has 2 amide bonds. The summed E-state index contributed by atoms with van der Waals surface area (Å²) in [6.45, 7) is 2.78. The van der Waals surface area contributed by atoms with Crippen molar-refractivity contribution < 1.29 is 9.63 Å². The molecular formula is C12H18N2O2. The molecule has 0 atom stereocenters. The Kier molecular flexibility index (Phi) is 5.36. The second-order valence-corrected chi connectivity index (χ2v) is 3.45. The minimum Gasteiger partial charge on any atom is -0.293 e. The van der Waals surface area contributed by atoms with E-state index in [0.29, 0.717) is 6.54 Å². The maximum absolute atomic E-state index is 11.7. The Bertz CT molecular complexity index is 314. The van der Waals surface area contributed by atoms with Crippen LogP contribution in [0, 0.1) is 0 Å². The molecule has 4 nitrogen and oxygen atoms in total. The molecule has 4 heteroatoms. The average molecular weight is 222 g/mol. The van der Waals surface area contributed by atoms with Crippen LogP contribution in [0.2, 0.25) is 0 Å². The molecule has 0 radical (unpaired) electrons. The first kappa shape index (κ1) is 12.5. The first-order valence-corrected chi connectivity index (χ1v) is 5.45. The molecule has 0 saturated heterocycles. The van der Waals surface area contributed by atoms with Crippen LogP contribution >= 0.6 is 0 Å². The molecule has 0 aromatic heterocycles. The summed E-state index contributed by atoms with van der Waals surface area (Å²) in [7, 11) is 1.43. The van der Waals surface area contributed by atoms with Crippen LogP contribution in [-0.4, -0.2) is 19.7 Å². The Hall–Kier alpha value is -1.55. The standard InChI is InChI=1S/C12H18N2O2/c1-3-4-10-14(12(15)13-16-2)11-8-6-5-7-9-11/h5-9H,3-4,10H2,1-2H3,(H,13,15). The number of anilines is 1. The number of rotatable bonds is 5. The van der Waals surface area contributed by atoms with Gasteiger partial charge in [-0.1, -0.05) is 31.5 Å². The Labute approximate surface area is 96.2 Å². The molecule has 1 rings (SSSR count). The van der Waals surface area contributed by atoms with Crippen LogP contribution in [0.4, 0.5) is 10.5 Å². The van der Waals surface area contributed by atoms with Crippen molar-refractivity contribution in [2.24, 2.45) is 0 Å². The van der Waals surface area contributed by atoms with E-state index in [1.54, 1.807) is 4.90 Å². The maximum atomic E-state index is 11.7. The van der Waals surface area contributed by atoms with Crippen molar-refractivity contribution >= 4 is 11.7 Å². The minimum atomic E-state index is -0.234. The number of nitrogens with zero attached hydrogens (tertiary/aromatic N) is 1. The molecule has 88 valence electrons. The number of para-hydroxylation sites is 1. The van der Waals surface area contributed by atoms with E-state index in [1.807, 2.05) is 30.3 Å². The summed E-state index contributed by atoms with van der Waals surface area (Å²) in [6.07, 6.45) is 2.01. The minimum absolute atomic E-state index is 0.234. The summed E-state index contributed by atoms with van der Waals surface area (Å²) in [4.78, 5) is 18.1. The highest BCUT2D eigenvalue weighted by atomic mass is 16.6. The number of nitrogens with one attached hydrogen (secondary N) is 1. The van der Waals surface area contributed by atoms with Gasteiger partial charge in [0.1, 0.15) is 0 Å². The topological polar surface area (TPSA) is 41.6 Å². The van der Waals surface area contributed by atoms with Crippen LogP contribution in [0.15, 0.2) is 30.3 Å². The van der Waals surface area contributed by atoms with Crippen LogP contribution in [0.25, 0.3) is 0 Å². The normalized spacial score (nSPS) is 9.88. The molecule has 0 aliphatic rings. The van der Waals surface area contributed by atoms with E-state index in [9.17, 15) is 4.79 Å². The van der Waals surface area contributed by atoms with Crippen molar-refractivity contribution in [1.29, 1.82) is 0 Å². The van der Waals surface area contributed by atoms with Crippen molar-refractivity contribution in [2.45, 2.75) is 19.8 Å². The van der Waals surface area contributed by atoms with Gasteiger partial charge in [-0.15, -0.1) is 0 Å². The molecular weight excluding hydrogens is 204 g/mol. The molecule has 0 unspecified atom stereocenters. The quantitative estimate of drug-likeness (QED) is 0.778. The molecule has 0 aliphatic heterocycles. The van der Waals surface area contributed by atoms with Gasteiger partial charge in [-0.25, -0.2) is 10.3 Å². The Morgan fingerprint density at radius 2 is 2.06 bits per heavy atom. The lowest BCUT2D eigenvalue weighted by molar-refractivity contribution is 0.111. The lowest BCUT2D eigenvalue weighted by Crippen LogP contribution is -2.40. The highest BCUT2D eigenvalue weighted by molar-refractivity contribution is 5.91. The second kappa shape index (κ2) is 6.85. The Balaban J connectivity index is 2.74. The van der Waals surface area contributed by atoms with Gasteiger partial charge in [-0.05, 0) is 18.6 Å². The van der Waals surface area contributed by atoms with Gasteiger partial charge in [0.15, 0.2) is 0 Å². The third kappa shape index (κ3) is 3.55. The summed E-state index contributed by atoms with van der Waals surface area (Å²) in [5.41, 5.74) is 3.22. The third-order valence-corrected chi connectivity index (χ3v) is 2.24. The number of carbonyl (C=O) groups is 1. The molecule has 0 aliphatic carbocycles. The lowest BCUT2D eigenvalue weighted by atomic mass is 10.2. The second-order valence-electron chi connectivity index (χ2n) is 3.45. The van der Waals surface area contributed by atoms with Gasteiger partial charge in [0.05, 0.1) is 7.11 Å². The van der Waals surface area contributed by atoms with Crippen LogP contribution in [0.5, 0.6) is 0 Å². The number of urea groups is 1. The number of hydrogen-bond acceptors (Lipinski definition) is 2. The zero-order valence-corrected chi connectivity index (χ0v) is 9.77. The molecule has 0 spiro atoms. The van der Waals surface area contributed by atoms with Crippen molar-refractivity contribution in [3.8, 4) is 0 Å². The number of hydrogen-bond donors (Lipinski definition) is 1. The largest absolute Gasteiger partial charge is 0.345 e. The Morgan fingerprint density at radius 1 is 1.38 bits per heavy atom. The molecule has 0 bridgehead atoms. The van der Waals surface area contributed by atoms with Gasteiger partial charge in [-0.3, -0.25) is 9.74 Å². The van der Waals surface area contributed by atoms with Gasteiger partial charge >= 0.3 is 6.03 Å². The van der Waals surface area contributed by atoms with Crippen LogP contribution in [-0.2, 0) is 4.84 Å².